The fourth-order valence-corrected chi connectivity index (χ4v) is 2.57. The molecule has 1 fully saturated rings. The van der Waals surface area contributed by atoms with E-state index in [1.165, 1.54) is 24.0 Å². The molecule has 0 N–H and O–H groups in total. The molecule has 0 aromatic carbocycles. The van der Waals surface area contributed by atoms with Crippen LogP contribution < -0.4 is 0 Å². The molecular weight excluding hydrogens is 144 g/mol. The van der Waals surface area contributed by atoms with Crippen LogP contribution >= 0.6 is 0 Å². The van der Waals surface area contributed by atoms with Crippen LogP contribution in [0, 0.1) is 5.92 Å². The van der Waals surface area contributed by atoms with E-state index in [-0.39, 0.29) is 0 Å². The topological polar surface area (TPSA) is 0 Å². The largest absolute Gasteiger partial charge is 0.0801 e. The van der Waals surface area contributed by atoms with E-state index in [9.17, 15) is 0 Å². The maximum atomic E-state index is 2.41. The number of allylic oxidation sites excluding steroid dienone is 6. The van der Waals surface area contributed by atoms with Crippen LogP contribution in [0.5, 0.6) is 0 Å². The van der Waals surface area contributed by atoms with Crippen molar-refractivity contribution in [3.63, 3.8) is 0 Å². The molecule has 1 atom stereocenters. The summed E-state index contributed by atoms with van der Waals surface area (Å²) in [6.45, 7) is 6.62. The lowest BCUT2D eigenvalue weighted by atomic mass is 9.91. The molecule has 12 heavy (non-hydrogen) atoms. The summed E-state index contributed by atoms with van der Waals surface area (Å²) in [5.74, 6) is 0.830. The second-order valence-corrected chi connectivity index (χ2v) is 3.98. The van der Waals surface area contributed by atoms with Gasteiger partial charge in [0.1, 0.15) is 0 Å². The molecule has 2 bridgehead atoms. The lowest BCUT2D eigenvalue weighted by molar-refractivity contribution is 0.698. The third-order valence-corrected chi connectivity index (χ3v) is 2.99. The summed E-state index contributed by atoms with van der Waals surface area (Å²) in [6, 6.07) is 0. The Kier molecular flexibility index (Phi) is 1.71. The quantitative estimate of drug-likeness (QED) is 0.507. The number of fused-ring (bicyclic) bond motifs is 2. The number of rotatable bonds is 0. The van der Waals surface area contributed by atoms with E-state index in [1.54, 1.807) is 11.1 Å². The zero-order valence-electron chi connectivity index (χ0n) is 8.15. The molecule has 0 nitrogen and oxygen atoms in total. The Bertz CT molecular complexity index is 296. The Morgan fingerprint density at radius 2 is 2.25 bits per heavy atom. The summed E-state index contributed by atoms with van der Waals surface area (Å²) >= 11 is 0. The molecule has 0 aliphatic heterocycles. The van der Waals surface area contributed by atoms with Crippen molar-refractivity contribution in [3.05, 3.63) is 34.4 Å². The summed E-state index contributed by atoms with van der Waals surface area (Å²) in [4.78, 5) is 0. The van der Waals surface area contributed by atoms with Crippen LogP contribution in [-0.4, -0.2) is 0 Å². The molecule has 0 heterocycles. The van der Waals surface area contributed by atoms with E-state index < -0.39 is 0 Å². The van der Waals surface area contributed by atoms with Gasteiger partial charge in [0.15, 0.2) is 0 Å². The molecular formula is C12H16. The zero-order chi connectivity index (χ0) is 8.72. The van der Waals surface area contributed by atoms with Crippen molar-refractivity contribution >= 4 is 0 Å². The van der Waals surface area contributed by atoms with Gasteiger partial charge in [0.05, 0.1) is 0 Å². The maximum absolute atomic E-state index is 2.41. The van der Waals surface area contributed by atoms with Crippen molar-refractivity contribution in [2.45, 2.75) is 33.6 Å². The molecule has 0 saturated heterocycles. The third kappa shape index (κ3) is 0.906. The molecule has 2 aliphatic carbocycles. The van der Waals surface area contributed by atoms with Gasteiger partial charge in [-0.2, -0.15) is 0 Å². The van der Waals surface area contributed by atoms with E-state index >= 15 is 0 Å². The minimum Gasteiger partial charge on any atom is -0.0801 e. The Hall–Kier alpha value is -0.780. The highest BCUT2D eigenvalue weighted by molar-refractivity contribution is 5.58. The molecule has 0 aromatic heterocycles. The highest BCUT2D eigenvalue weighted by Gasteiger charge is 2.33. The molecule has 64 valence electrons. The molecule has 0 amide bonds. The SMILES string of the molecule is CC=C1C2=CCC(C2)C1=C(C)C. The fourth-order valence-electron chi connectivity index (χ4n) is 2.57. The van der Waals surface area contributed by atoms with Crippen molar-refractivity contribution in [1.29, 1.82) is 0 Å². The molecule has 2 rings (SSSR count). The van der Waals surface area contributed by atoms with E-state index in [4.69, 9.17) is 0 Å². The van der Waals surface area contributed by atoms with Crippen molar-refractivity contribution in [2.75, 3.05) is 0 Å². The molecule has 1 unspecified atom stereocenters. The van der Waals surface area contributed by atoms with Gasteiger partial charge in [-0.3, -0.25) is 0 Å². The van der Waals surface area contributed by atoms with Gasteiger partial charge in [-0.25, -0.2) is 0 Å². The standard InChI is InChI=1S/C12H16/c1-4-11-9-5-6-10(7-9)12(11)8(2)3/h4-5,10H,6-7H2,1-3H3. The molecule has 0 radical (unpaired) electrons. The molecule has 2 aliphatic rings. The van der Waals surface area contributed by atoms with Crippen LogP contribution in [0.15, 0.2) is 34.4 Å². The molecule has 0 heteroatoms. The van der Waals surface area contributed by atoms with Crippen LogP contribution in [0.25, 0.3) is 0 Å². The van der Waals surface area contributed by atoms with Crippen molar-refractivity contribution in [1.82, 2.24) is 0 Å². The monoisotopic (exact) mass is 160 g/mol. The first-order chi connectivity index (χ1) is 5.74. The summed E-state index contributed by atoms with van der Waals surface area (Å²) < 4.78 is 0. The van der Waals surface area contributed by atoms with E-state index in [2.05, 4.69) is 32.9 Å². The normalized spacial score (nSPS) is 29.9. The highest BCUT2D eigenvalue weighted by Crippen LogP contribution is 2.48. The summed E-state index contributed by atoms with van der Waals surface area (Å²) in [7, 11) is 0. The third-order valence-electron chi connectivity index (χ3n) is 2.99. The Balaban J connectivity index is 2.52. The predicted octanol–water partition coefficient (Wildman–Crippen LogP) is 3.62. The van der Waals surface area contributed by atoms with Gasteiger partial charge in [0.25, 0.3) is 0 Å². The molecule has 0 aromatic rings. The lowest BCUT2D eigenvalue weighted by Crippen LogP contribution is -1.98. The Labute approximate surface area is 74.7 Å². The summed E-state index contributed by atoms with van der Waals surface area (Å²) in [5, 5.41) is 0. The Morgan fingerprint density at radius 3 is 2.75 bits per heavy atom. The minimum atomic E-state index is 0.830. The maximum Gasteiger partial charge on any atom is -0.00814 e. The van der Waals surface area contributed by atoms with Gasteiger partial charge in [0.2, 0.25) is 0 Å². The van der Waals surface area contributed by atoms with Gasteiger partial charge >= 0.3 is 0 Å². The first-order valence-corrected chi connectivity index (χ1v) is 4.77. The van der Waals surface area contributed by atoms with Crippen LogP contribution in [0.3, 0.4) is 0 Å². The predicted molar refractivity (Wildman–Crippen MR) is 52.9 cm³/mol. The summed E-state index contributed by atoms with van der Waals surface area (Å²) in [5.41, 5.74) is 6.27. The van der Waals surface area contributed by atoms with Gasteiger partial charge in [0, 0.05) is 0 Å². The van der Waals surface area contributed by atoms with Crippen LogP contribution in [-0.2, 0) is 0 Å². The first-order valence-electron chi connectivity index (χ1n) is 4.77. The van der Waals surface area contributed by atoms with Gasteiger partial charge in [-0.1, -0.05) is 17.7 Å². The minimum absolute atomic E-state index is 0.830. The van der Waals surface area contributed by atoms with Crippen molar-refractivity contribution in [3.8, 4) is 0 Å². The average Bonchev–Trinajstić information content (AvgIpc) is 2.60. The second-order valence-electron chi connectivity index (χ2n) is 3.98. The van der Waals surface area contributed by atoms with Gasteiger partial charge < -0.3 is 0 Å². The van der Waals surface area contributed by atoms with Crippen molar-refractivity contribution in [2.24, 2.45) is 5.92 Å². The van der Waals surface area contributed by atoms with Crippen LogP contribution in [0.4, 0.5) is 0 Å². The van der Waals surface area contributed by atoms with Gasteiger partial charge in [-0.15, -0.1) is 0 Å². The average molecular weight is 160 g/mol. The second kappa shape index (κ2) is 2.62. The van der Waals surface area contributed by atoms with Crippen molar-refractivity contribution < 1.29 is 0 Å². The van der Waals surface area contributed by atoms with Gasteiger partial charge in [-0.05, 0) is 56.3 Å². The fraction of sp³-hybridized carbons (Fsp3) is 0.500. The summed E-state index contributed by atoms with van der Waals surface area (Å²) in [6.07, 6.45) is 7.27. The van der Waals surface area contributed by atoms with Crippen LogP contribution in [0.1, 0.15) is 33.6 Å². The smallest absolute Gasteiger partial charge is 0.00814 e. The Morgan fingerprint density at radius 1 is 1.50 bits per heavy atom. The first kappa shape index (κ1) is 7.85. The van der Waals surface area contributed by atoms with E-state index in [0.29, 0.717) is 0 Å². The number of hydrogen-bond acceptors (Lipinski definition) is 0. The number of hydrogen-bond donors (Lipinski definition) is 0. The zero-order valence-corrected chi connectivity index (χ0v) is 8.15. The molecule has 1 saturated carbocycles. The van der Waals surface area contributed by atoms with E-state index in [0.717, 1.165) is 5.92 Å². The van der Waals surface area contributed by atoms with E-state index in [1.807, 2.05) is 0 Å². The molecule has 0 spiro atoms. The lowest BCUT2D eigenvalue weighted by Gasteiger charge is -2.14. The van der Waals surface area contributed by atoms with Crippen LogP contribution in [0.2, 0.25) is 0 Å². The highest BCUT2D eigenvalue weighted by atomic mass is 14.4.